The number of carbonyl (C=O) groups excluding carboxylic acids is 1. The predicted octanol–water partition coefficient (Wildman–Crippen LogP) is 0.367. The first-order valence-corrected chi connectivity index (χ1v) is 4.87. The third-order valence-electron chi connectivity index (χ3n) is 1.87. The first-order chi connectivity index (χ1) is 6.76. The minimum absolute atomic E-state index is 0.171. The van der Waals surface area contributed by atoms with Crippen molar-refractivity contribution in [1.82, 2.24) is 20.3 Å². The van der Waals surface area contributed by atoms with Crippen molar-refractivity contribution >= 4 is 5.78 Å². The highest BCUT2D eigenvalue weighted by atomic mass is 16.1. The zero-order chi connectivity index (χ0) is 10.4. The lowest BCUT2D eigenvalue weighted by Crippen LogP contribution is -2.12. The van der Waals surface area contributed by atoms with Crippen LogP contribution in [0.25, 0.3) is 0 Å². The molecule has 0 spiro atoms. The van der Waals surface area contributed by atoms with E-state index in [0.717, 1.165) is 12.2 Å². The van der Waals surface area contributed by atoms with E-state index >= 15 is 0 Å². The van der Waals surface area contributed by atoms with Gasteiger partial charge in [-0.05, 0) is 6.54 Å². The average molecular weight is 196 g/mol. The fourth-order valence-corrected chi connectivity index (χ4v) is 1.04. The van der Waals surface area contributed by atoms with Crippen molar-refractivity contribution in [1.29, 1.82) is 0 Å². The average Bonchev–Trinajstić information content (AvgIpc) is 2.62. The number of hydrogen-bond acceptors (Lipinski definition) is 4. The van der Waals surface area contributed by atoms with Gasteiger partial charge in [-0.2, -0.15) is 0 Å². The summed E-state index contributed by atoms with van der Waals surface area (Å²) < 4.78 is 1.58. The molecule has 0 aliphatic carbocycles. The van der Waals surface area contributed by atoms with Crippen molar-refractivity contribution in [2.75, 3.05) is 6.54 Å². The van der Waals surface area contributed by atoms with Gasteiger partial charge in [0, 0.05) is 13.0 Å². The second-order valence-corrected chi connectivity index (χ2v) is 3.08. The molecule has 1 rings (SSSR count). The Bertz CT molecular complexity index is 295. The Morgan fingerprint density at radius 2 is 2.36 bits per heavy atom. The minimum atomic E-state index is 0.171. The molecule has 0 amide bonds. The van der Waals surface area contributed by atoms with Crippen LogP contribution < -0.4 is 5.32 Å². The van der Waals surface area contributed by atoms with Crippen LogP contribution in [0.15, 0.2) is 6.20 Å². The van der Waals surface area contributed by atoms with Gasteiger partial charge in [-0.1, -0.05) is 19.1 Å². The van der Waals surface area contributed by atoms with E-state index in [2.05, 4.69) is 15.6 Å². The summed E-state index contributed by atoms with van der Waals surface area (Å²) in [5.74, 6) is 0.171. The normalized spacial score (nSPS) is 10.4. The first-order valence-electron chi connectivity index (χ1n) is 4.87. The number of nitrogens with one attached hydrogen (secondary N) is 1. The molecule has 5 heteroatoms. The van der Waals surface area contributed by atoms with Crippen molar-refractivity contribution in [3.63, 3.8) is 0 Å². The molecule has 78 valence electrons. The molecule has 0 bridgehead atoms. The third kappa shape index (κ3) is 3.26. The van der Waals surface area contributed by atoms with Gasteiger partial charge in [0.1, 0.15) is 6.54 Å². The van der Waals surface area contributed by atoms with Crippen molar-refractivity contribution in [2.24, 2.45) is 0 Å². The first kappa shape index (κ1) is 10.8. The fraction of sp³-hybridized carbons (Fsp3) is 0.667. The lowest BCUT2D eigenvalue weighted by molar-refractivity contribution is -0.119. The van der Waals surface area contributed by atoms with Crippen LogP contribution in [-0.2, 0) is 17.9 Å². The van der Waals surface area contributed by atoms with Crippen LogP contribution in [0.4, 0.5) is 0 Å². The van der Waals surface area contributed by atoms with E-state index in [4.69, 9.17) is 0 Å². The van der Waals surface area contributed by atoms with Crippen LogP contribution in [0.2, 0.25) is 0 Å². The Kier molecular flexibility index (Phi) is 4.25. The summed E-state index contributed by atoms with van der Waals surface area (Å²) in [5, 5.41) is 10.9. The lowest BCUT2D eigenvalue weighted by atomic mass is 10.3. The summed E-state index contributed by atoms with van der Waals surface area (Å²) in [6.07, 6.45) is 2.35. The van der Waals surface area contributed by atoms with Crippen molar-refractivity contribution in [3.05, 3.63) is 11.9 Å². The number of nitrogens with zero attached hydrogens (tertiary/aromatic N) is 3. The van der Waals surface area contributed by atoms with Crippen LogP contribution in [-0.4, -0.2) is 27.3 Å². The van der Waals surface area contributed by atoms with E-state index in [1.54, 1.807) is 10.9 Å². The number of rotatable bonds is 6. The van der Waals surface area contributed by atoms with Gasteiger partial charge >= 0.3 is 0 Å². The number of aromatic nitrogens is 3. The van der Waals surface area contributed by atoms with Gasteiger partial charge < -0.3 is 5.32 Å². The molecule has 1 aromatic heterocycles. The second-order valence-electron chi connectivity index (χ2n) is 3.08. The largest absolute Gasteiger partial charge is 0.311 e. The molecule has 5 nitrogen and oxygen atoms in total. The molecule has 0 radical (unpaired) electrons. The zero-order valence-corrected chi connectivity index (χ0v) is 8.66. The predicted molar refractivity (Wildman–Crippen MR) is 52.7 cm³/mol. The van der Waals surface area contributed by atoms with Crippen molar-refractivity contribution in [2.45, 2.75) is 33.4 Å². The molecular formula is C9H16N4O. The van der Waals surface area contributed by atoms with Crippen molar-refractivity contribution < 1.29 is 4.79 Å². The molecule has 0 atom stereocenters. The molecule has 0 unspecified atom stereocenters. The van der Waals surface area contributed by atoms with E-state index in [1.807, 2.05) is 13.8 Å². The van der Waals surface area contributed by atoms with Crippen LogP contribution >= 0.6 is 0 Å². The van der Waals surface area contributed by atoms with Crippen molar-refractivity contribution in [3.8, 4) is 0 Å². The van der Waals surface area contributed by atoms with Gasteiger partial charge in [0.15, 0.2) is 5.78 Å². The van der Waals surface area contributed by atoms with E-state index in [-0.39, 0.29) is 5.78 Å². The van der Waals surface area contributed by atoms with Gasteiger partial charge in [0.25, 0.3) is 0 Å². The third-order valence-corrected chi connectivity index (χ3v) is 1.87. The Morgan fingerprint density at radius 1 is 1.57 bits per heavy atom. The summed E-state index contributed by atoms with van der Waals surface area (Å²) in [7, 11) is 0. The Hall–Kier alpha value is -1.23. The van der Waals surface area contributed by atoms with Gasteiger partial charge in [-0.25, -0.2) is 4.68 Å². The quantitative estimate of drug-likeness (QED) is 0.714. The SMILES string of the molecule is CCNCc1cn(CC(=O)CC)nn1. The van der Waals surface area contributed by atoms with Crippen LogP contribution in [0.3, 0.4) is 0 Å². The molecule has 0 saturated heterocycles. The van der Waals surface area contributed by atoms with Crippen LogP contribution in [0, 0.1) is 0 Å². The molecule has 1 N–H and O–H groups in total. The molecular weight excluding hydrogens is 180 g/mol. The summed E-state index contributed by atoms with van der Waals surface area (Å²) in [4.78, 5) is 11.1. The molecule has 14 heavy (non-hydrogen) atoms. The monoisotopic (exact) mass is 196 g/mol. The maximum atomic E-state index is 11.1. The minimum Gasteiger partial charge on any atom is -0.311 e. The molecule has 0 aliphatic heterocycles. The zero-order valence-electron chi connectivity index (χ0n) is 8.66. The number of hydrogen-bond donors (Lipinski definition) is 1. The van der Waals surface area contributed by atoms with Crippen LogP contribution in [0.5, 0.6) is 0 Å². The summed E-state index contributed by atoms with van der Waals surface area (Å²) in [5.41, 5.74) is 0.871. The second kappa shape index (κ2) is 5.49. The lowest BCUT2D eigenvalue weighted by Gasteiger charge is -1.96. The number of carbonyl (C=O) groups is 1. The van der Waals surface area contributed by atoms with E-state index in [9.17, 15) is 4.79 Å². The van der Waals surface area contributed by atoms with Crippen LogP contribution in [0.1, 0.15) is 26.0 Å². The fourth-order valence-electron chi connectivity index (χ4n) is 1.04. The van der Waals surface area contributed by atoms with E-state index in [0.29, 0.717) is 19.5 Å². The maximum Gasteiger partial charge on any atom is 0.154 e. The highest BCUT2D eigenvalue weighted by Crippen LogP contribution is 1.94. The summed E-state index contributed by atoms with van der Waals surface area (Å²) >= 11 is 0. The standard InChI is InChI=1S/C9H16N4O/c1-3-9(14)7-13-6-8(11-12-13)5-10-4-2/h6,10H,3-5,7H2,1-2H3. The Balaban J connectivity index is 2.46. The summed E-state index contributed by atoms with van der Waals surface area (Å²) in [6.45, 7) is 5.82. The van der Waals surface area contributed by atoms with E-state index < -0.39 is 0 Å². The molecule has 1 heterocycles. The highest BCUT2D eigenvalue weighted by molar-refractivity contribution is 5.77. The van der Waals surface area contributed by atoms with Gasteiger partial charge in [-0.3, -0.25) is 4.79 Å². The molecule has 1 aromatic rings. The van der Waals surface area contributed by atoms with E-state index in [1.165, 1.54) is 0 Å². The Labute approximate surface area is 83.5 Å². The maximum absolute atomic E-state index is 11.1. The van der Waals surface area contributed by atoms with Gasteiger partial charge in [0.2, 0.25) is 0 Å². The van der Waals surface area contributed by atoms with Gasteiger partial charge in [0.05, 0.1) is 11.9 Å². The van der Waals surface area contributed by atoms with Gasteiger partial charge in [-0.15, -0.1) is 5.10 Å². The molecule has 0 fully saturated rings. The topological polar surface area (TPSA) is 59.8 Å². The smallest absolute Gasteiger partial charge is 0.154 e. The Morgan fingerprint density at radius 3 is 3.00 bits per heavy atom. The summed E-state index contributed by atoms with van der Waals surface area (Å²) in [6, 6.07) is 0. The molecule has 0 saturated carbocycles. The number of Topliss-reactive ketones (excluding diaryl/α,β-unsaturated/α-hetero) is 1. The molecule has 0 aromatic carbocycles. The number of ketones is 1. The molecule has 0 aliphatic rings. The highest BCUT2D eigenvalue weighted by Gasteiger charge is 2.03.